The molecule has 0 aliphatic carbocycles. The van der Waals surface area contributed by atoms with Crippen LogP contribution in [0.3, 0.4) is 0 Å². The molecule has 2 rings (SSSR count). The molecule has 11 nitrogen and oxygen atoms in total. The fourth-order valence-electron chi connectivity index (χ4n) is 5.13. The van der Waals surface area contributed by atoms with E-state index in [1.165, 1.54) is 96.3 Å². The van der Waals surface area contributed by atoms with Crippen molar-refractivity contribution in [3.8, 4) is 5.88 Å². The van der Waals surface area contributed by atoms with Crippen LogP contribution in [-0.2, 0) is 27.4 Å². The summed E-state index contributed by atoms with van der Waals surface area (Å²) in [6.07, 6.45) is 20.2. The van der Waals surface area contributed by atoms with Gasteiger partial charge in [-0.1, -0.05) is 103 Å². The standard InChI is InChI=1S/C35H56N4O7/c1-4-6-7-8-9-10-11-12-13-14-15-16-17-18-20-24-36-34(41)43-28-32(46-33-23-26-45-37-33)29-44-35(42)39(30(3)40)27-31-22-19-21-25-38(31)5-2/h19,21-23,25-26,32H,4-18,20,24,27-29H2,1-3H3/p+1/t32-/m0/s1. The van der Waals surface area contributed by atoms with Gasteiger partial charge in [0.05, 0.1) is 0 Å². The van der Waals surface area contributed by atoms with E-state index in [1.54, 1.807) is 0 Å². The van der Waals surface area contributed by atoms with E-state index in [9.17, 15) is 14.4 Å². The van der Waals surface area contributed by atoms with E-state index in [0.717, 1.165) is 29.9 Å². The molecule has 1 atom stereocenters. The Kier molecular flexibility index (Phi) is 20.6. The van der Waals surface area contributed by atoms with Crippen LogP contribution >= 0.6 is 0 Å². The highest BCUT2D eigenvalue weighted by atomic mass is 16.6. The Hall–Kier alpha value is -3.63. The Bertz CT molecular complexity index is 1100. The highest BCUT2D eigenvalue weighted by Gasteiger charge is 2.26. The van der Waals surface area contributed by atoms with Gasteiger partial charge in [-0.05, 0) is 18.5 Å². The fraction of sp³-hybridized carbons (Fsp3) is 0.686. The number of hydrogen-bond donors (Lipinski definition) is 1. The number of nitrogens with zero attached hydrogens (tertiary/aromatic N) is 3. The third-order valence-electron chi connectivity index (χ3n) is 7.84. The molecule has 0 spiro atoms. The molecule has 0 fully saturated rings. The average molecular weight is 646 g/mol. The smallest absolute Gasteiger partial charge is 0.417 e. The lowest BCUT2D eigenvalue weighted by Crippen LogP contribution is -2.44. The summed E-state index contributed by atoms with van der Waals surface area (Å²) < 4.78 is 23.2. The quantitative estimate of drug-likeness (QED) is 0.0869. The minimum atomic E-state index is -0.864. The lowest BCUT2D eigenvalue weighted by molar-refractivity contribution is -0.701. The second-order valence-electron chi connectivity index (χ2n) is 11.7. The van der Waals surface area contributed by atoms with Gasteiger partial charge in [0, 0.05) is 31.7 Å². The van der Waals surface area contributed by atoms with Crippen molar-refractivity contribution in [2.45, 2.75) is 136 Å². The first kappa shape index (κ1) is 38.6. The number of amides is 3. The van der Waals surface area contributed by atoms with Gasteiger partial charge in [0.1, 0.15) is 32.6 Å². The van der Waals surface area contributed by atoms with Gasteiger partial charge in [-0.25, -0.2) is 19.1 Å². The first-order valence-electron chi connectivity index (χ1n) is 17.3. The van der Waals surface area contributed by atoms with Crippen LogP contribution in [0.15, 0.2) is 41.2 Å². The SMILES string of the molecule is CCCCCCCCCCCCCCCCCNC(=O)OC[C@@H](COC(=O)N(Cc1cccc[n+]1CC)C(C)=O)Oc1ccon1. The zero-order chi connectivity index (χ0) is 33.2. The Labute approximate surface area is 275 Å². The van der Waals surface area contributed by atoms with Crippen molar-refractivity contribution in [1.82, 2.24) is 15.4 Å². The normalized spacial score (nSPS) is 11.5. The largest absolute Gasteiger partial charge is 0.465 e. The maximum absolute atomic E-state index is 12.9. The van der Waals surface area contributed by atoms with Gasteiger partial charge in [0.15, 0.2) is 12.3 Å². The number of nitrogens with one attached hydrogen (secondary N) is 1. The summed E-state index contributed by atoms with van der Waals surface area (Å²) in [5, 5.41) is 6.48. The maximum Gasteiger partial charge on any atom is 0.417 e. The van der Waals surface area contributed by atoms with Gasteiger partial charge in [0.2, 0.25) is 11.6 Å². The van der Waals surface area contributed by atoms with Crippen LogP contribution in [0.1, 0.15) is 123 Å². The first-order valence-corrected chi connectivity index (χ1v) is 17.3. The first-order chi connectivity index (χ1) is 22.4. The molecule has 2 heterocycles. The zero-order valence-electron chi connectivity index (χ0n) is 28.4. The van der Waals surface area contributed by atoms with E-state index in [-0.39, 0.29) is 25.6 Å². The number of aromatic nitrogens is 2. The van der Waals surface area contributed by atoms with Gasteiger partial charge in [-0.15, -0.1) is 0 Å². The van der Waals surface area contributed by atoms with Crippen LogP contribution in [0.25, 0.3) is 0 Å². The number of alkyl carbamates (subject to hydrolysis) is 1. The van der Waals surface area contributed by atoms with Crippen LogP contribution in [-0.4, -0.2) is 54.0 Å². The molecule has 0 aliphatic heterocycles. The van der Waals surface area contributed by atoms with Gasteiger partial charge in [-0.2, -0.15) is 0 Å². The molecule has 0 aromatic carbocycles. The molecule has 0 saturated carbocycles. The molecule has 0 aliphatic rings. The molecular weight excluding hydrogens is 588 g/mol. The molecule has 0 radical (unpaired) electrons. The van der Waals surface area contributed by atoms with E-state index >= 15 is 0 Å². The summed E-state index contributed by atoms with van der Waals surface area (Å²) in [4.78, 5) is 38.5. The van der Waals surface area contributed by atoms with Crippen molar-refractivity contribution in [2.24, 2.45) is 0 Å². The Morgan fingerprint density at radius 1 is 0.848 bits per heavy atom. The zero-order valence-corrected chi connectivity index (χ0v) is 28.4. The topological polar surface area (TPSA) is 124 Å². The van der Waals surface area contributed by atoms with Crippen molar-refractivity contribution >= 4 is 18.1 Å². The highest BCUT2D eigenvalue weighted by molar-refractivity contribution is 5.90. The number of unbranched alkanes of at least 4 members (excludes halogenated alkanes) is 14. The highest BCUT2D eigenvalue weighted by Crippen LogP contribution is 2.14. The van der Waals surface area contributed by atoms with Crippen LogP contribution < -0.4 is 14.6 Å². The Morgan fingerprint density at radius 3 is 2.02 bits per heavy atom. The molecule has 46 heavy (non-hydrogen) atoms. The van der Waals surface area contributed by atoms with Crippen molar-refractivity contribution in [1.29, 1.82) is 0 Å². The van der Waals surface area contributed by atoms with E-state index < -0.39 is 24.2 Å². The maximum atomic E-state index is 12.9. The third kappa shape index (κ3) is 17.2. The second-order valence-corrected chi connectivity index (χ2v) is 11.7. The summed E-state index contributed by atoms with van der Waals surface area (Å²) in [7, 11) is 0. The van der Waals surface area contributed by atoms with Gasteiger partial charge >= 0.3 is 12.2 Å². The number of pyridine rings is 1. The summed E-state index contributed by atoms with van der Waals surface area (Å²) in [6.45, 7) is 6.32. The molecule has 2 aromatic rings. The van der Waals surface area contributed by atoms with E-state index in [4.69, 9.17) is 18.7 Å². The fourth-order valence-corrected chi connectivity index (χ4v) is 5.13. The van der Waals surface area contributed by atoms with Crippen LogP contribution in [0.4, 0.5) is 9.59 Å². The van der Waals surface area contributed by atoms with E-state index in [1.807, 2.05) is 35.9 Å². The molecule has 1 N–H and O–H groups in total. The lowest BCUT2D eigenvalue weighted by Gasteiger charge is -2.21. The van der Waals surface area contributed by atoms with Crippen molar-refractivity contribution in [3.05, 3.63) is 42.4 Å². The molecule has 3 amide bonds. The van der Waals surface area contributed by atoms with Crippen molar-refractivity contribution < 1.29 is 37.7 Å². The Balaban J connectivity index is 1.63. The Morgan fingerprint density at radius 2 is 1.46 bits per heavy atom. The molecule has 0 bridgehead atoms. The summed E-state index contributed by atoms with van der Waals surface area (Å²) in [5.74, 6) is -0.306. The molecule has 258 valence electrons. The molecule has 2 aromatic heterocycles. The number of hydrogen-bond acceptors (Lipinski definition) is 8. The predicted octanol–water partition coefficient (Wildman–Crippen LogP) is 7.51. The van der Waals surface area contributed by atoms with Crippen molar-refractivity contribution in [3.63, 3.8) is 0 Å². The lowest BCUT2D eigenvalue weighted by atomic mass is 10.0. The van der Waals surface area contributed by atoms with Gasteiger partial charge in [-0.3, -0.25) is 4.79 Å². The minimum absolute atomic E-state index is 0.0515. The number of imide groups is 1. The van der Waals surface area contributed by atoms with Crippen LogP contribution in [0.2, 0.25) is 0 Å². The third-order valence-corrected chi connectivity index (χ3v) is 7.84. The monoisotopic (exact) mass is 645 g/mol. The summed E-state index contributed by atoms with van der Waals surface area (Å²) >= 11 is 0. The van der Waals surface area contributed by atoms with Gasteiger partial charge in [0.25, 0.3) is 5.88 Å². The minimum Gasteiger partial charge on any atom is -0.465 e. The summed E-state index contributed by atoms with van der Waals surface area (Å²) in [5.41, 5.74) is 0.779. The predicted molar refractivity (Wildman–Crippen MR) is 175 cm³/mol. The van der Waals surface area contributed by atoms with E-state index in [2.05, 4.69) is 17.4 Å². The number of carbonyl (C=O) groups is 3. The number of rotatable bonds is 25. The molecule has 0 saturated heterocycles. The summed E-state index contributed by atoms with van der Waals surface area (Å²) in [6, 6.07) is 7.06. The molecule has 0 unspecified atom stereocenters. The van der Waals surface area contributed by atoms with Crippen LogP contribution in [0, 0.1) is 0 Å². The molecule has 11 heteroatoms. The van der Waals surface area contributed by atoms with Gasteiger partial charge < -0.3 is 24.1 Å². The average Bonchev–Trinajstić information content (AvgIpc) is 3.57. The number of aryl methyl sites for hydroxylation is 1. The van der Waals surface area contributed by atoms with Crippen LogP contribution in [0.5, 0.6) is 5.88 Å². The number of ether oxygens (including phenoxy) is 3. The van der Waals surface area contributed by atoms with Crippen molar-refractivity contribution in [2.75, 3.05) is 19.8 Å². The van der Waals surface area contributed by atoms with E-state index in [0.29, 0.717) is 13.1 Å². The number of carbonyl (C=O) groups excluding carboxylic acids is 3. The second kappa shape index (κ2) is 24.6. The molecular formula is C35H57N4O7+.